The number of anilines is 1. The molecule has 6 heteroatoms. The Morgan fingerprint density at radius 1 is 0.909 bits per heavy atom. The predicted octanol–water partition coefficient (Wildman–Crippen LogP) is 4.47. The number of aromatic nitrogens is 1. The van der Waals surface area contributed by atoms with Gasteiger partial charge in [0.1, 0.15) is 0 Å². The van der Waals surface area contributed by atoms with Gasteiger partial charge in [0.15, 0.2) is 0 Å². The Morgan fingerprint density at radius 3 is 2.33 bits per heavy atom. The molecule has 3 atom stereocenters. The van der Waals surface area contributed by atoms with Crippen molar-refractivity contribution in [1.82, 2.24) is 14.8 Å². The third kappa shape index (κ3) is 4.11. The Kier molecular flexibility index (Phi) is 5.31. The highest BCUT2D eigenvalue weighted by atomic mass is 16.2. The number of nitrogens with one attached hydrogen (secondary N) is 1. The average Bonchev–Trinajstić information content (AvgIpc) is 3.37. The van der Waals surface area contributed by atoms with Crippen LogP contribution in [0.25, 0.3) is 0 Å². The molecule has 2 saturated carbocycles. The molecule has 6 rings (SSSR count). The van der Waals surface area contributed by atoms with E-state index in [1.807, 2.05) is 34.2 Å². The van der Waals surface area contributed by atoms with E-state index in [9.17, 15) is 9.59 Å². The molecule has 2 aliphatic carbocycles. The van der Waals surface area contributed by atoms with E-state index in [2.05, 4.69) is 28.5 Å². The van der Waals surface area contributed by atoms with Gasteiger partial charge in [-0.05, 0) is 66.3 Å². The molecule has 4 fully saturated rings. The Balaban J connectivity index is 0.950. The standard InChI is InChI=1S/C27H32N4O2/c32-26(12-22-11-18-3-4-20(22)10-18)30-14-23(15-30)19-5-7-25(8-6-19)29-27(33)31-16-24(17-31)21-2-1-9-28-13-21/h1-2,5-9,13,18,20,22-24H,3-4,10-12,14-17H2,(H,29,33)/t18-,20-,22?/m0/s1. The van der Waals surface area contributed by atoms with Gasteiger partial charge in [0.2, 0.25) is 5.91 Å². The number of likely N-dealkylation sites (tertiary alicyclic amines) is 2. The predicted molar refractivity (Wildman–Crippen MR) is 127 cm³/mol. The minimum atomic E-state index is -0.0519. The molecule has 0 radical (unpaired) electrons. The lowest BCUT2D eigenvalue weighted by Crippen LogP contribution is -2.50. The first kappa shape index (κ1) is 20.7. The van der Waals surface area contributed by atoms with Crippen molar-refractivity contribution >= 4 is 17.6 Å². The summed E-state index contributed by atoms with van der Waals surface area (Å²) >= 11 is 0. The van der Waals surface area contributed by atoms with Crippen LogP contribution in [0.1, 0.15) is 55.1 Å². The average molecular weight is 445 g/mol. The molecule has 1 unspecified atom stereocenters. The SMILES string of the molecule is O=C(CC1C[C@H]2CC[C@H]1C2)N1CC(c2ccc(NC(=O)N3CC(c4cccnc4)C3)cc2)C1. The summed E-state index contributed by atoms with van der Waals surface area (Å²) in [6.07, 6.45) is 9.80. The molecule has 4 aliphatic rings. The van der Waals surface area contributed by atoms with E-state index in [4.69, 9.17) is 0 Å². The molecule has 2 aliphatic heterocycles. The van der Waals surface area contributed by atoms with Gasteiger partial charge < -0.3 is 15.1 Å². The van der Waals surface area contributed by atoms with Crippen LogP contribution < -0.4 is 5.32 Å². The van der Waals surface area contributed by atoms with Crippen molar-refractivity contribution in [3.63, 3.8) is 0 Å². The van der Waals surface area contributed by atoms with Crippen molar-refractivity contribution < 1.29 is 9.59 Å². The number of pyridine rings is 1. The highest BCUT2D eigenvalue weighted by Gasteiger charge is 2.42. The summed E-state index contributed by atoms with van der Waals surface area (Å²) < 4.78 is 0. The van der Waals surface area contributed by atoms with E-state index in [0.29, 0.717) is 23.7 Å². The minimum absolute atomic E-state index is 0.0519. The third-order valence-electron chi connectivity index (χ3n) is 8.51. The van der Waals surface area contributed by atoms with Gasteiger partial charge in [-0.2, -0.15) is 0 Å². The molecule has 3 heterocycles. The van der Waals surface area contributed by atoms with Crippen molar-refractivity contribution in [3.05, 3.63) is 59.9 Å². The number of rotatable bonds is 5. The van der Waals surface area contributed by atoms with Gasteiger partial charge in [0, 0.05) is 62.5 Å². The first-order chi connectivity index (χ1) is 16.1. The maximum atomic E-state index is 12.7. The minimum Gasteiger partial charge on any atom is -0.341 e. The fourth-order valence-electron chi connectivity index (χ4n) is 6.39. The number of hydrogen-bond acceptors (Lipinski definition) is 3. The summed E-state index contributed by atoms with van der Waals surface area (Å²) in [6, 6.07) is 12.1. The topological polar surface area (TPSA) is 65.5 Å². The summed E-state index contributed by atoms with van der Waals surface area (Å²) in [5.41, 5.74) is 3.25. The molecular formula is C27H32N4O2. The summed E-state index contributed by atoms with van der Waals surface area (Å²) in [4.78, 5) is 33.2. The zero-order chi connectivity index (χ0) is 22.4. The maximum Gasteiger partial charge on any atom is 0.321 e. The second kappa shape index (κ2) is 8.47. The molecule has 1 aromatic carbocycles. The van der Waals surface area contributed by atoms with E-state index in [1.165, 1.54) is 36.8 Å². The van der Waals surface area contributed by atoms with Crippen LogP contribution in [0.3, 0.4) is 0 Å². The Bertz CT molecular complexity index is 1010. The van der Waals surface area contributed by atoms with Crippen LogP contribution in [0.15, 0.2) is 48.8 Å². The van der Waals surface area contributed by atoms with E-state index >= 15 is 0 Å². The van der Waals surface area contributed by atoms with Gasteiger partial charge in [-0.3, -0.25) is 9.78 Å². The van der Waals surface area contributed by atoms with Gasteiger partial charge >= 0.3 is 6.03 Å². The molecule has 3 amide bonds. The molecule has 172 valence electrons. The number of carbonyl (C=O) groups is 2. The van der Waals surface area contributed by atoms with Crippen LogP contribution in [0.5, 0.6) is 0 Å². The Labute approximate surface area is 195 Å². The Morgan fingerprint density at radius 2 is 1.67 bits per heavy atom. The lowest BCUT2D eigenvalue weighted by Gasteiger charge is -2.40. The maximum absolute atomic E-state index is 12.7. The zero-order valence-electron chi connectivity index (χ0n) is 19.0. The van der Waals surface area contributed by atoms with Crippen LogP contribution >= 0.6 is 0 Å². The number of benzene rings is 1. The zero-order valence-corrected chi connectivity index (χ0v) is 19.0. The molecule has 0 spiro atoms. The van der Waals surface area contributed by atoms with Crippen LogP contribution in [0.4, 0.5) is 10.5 Å². The number of urea groups is 1. The van der Waals surface area contributed by atoms with Crippen molar-refractivity contribution in [2.75, 3.05) is 31.5 Å². The van der Waals surface area contributed by atoms with Crippen molar-refractivity contribution in [2.45, 2.75) is 43.9 Å². The van der Waals surface area contributed by atoms with Crippen molar-refractivity contribution in [2.24, 2.45) is 17.8 Å². The van der Waals surface area contributed by atoms with E-state index in [1.54, 1.807) is 6.20 Å². The van der Waals surface area contributed by atoms with Crippen molar-refractivity contribution in [1.29, 1.82) is 0 Å². The first-order valence-electron chi connectivity index (χ1n) is 12.5. The van der Waals surface area contributed by atoms with Gasteiger partial charge in [-0.15, -0.1) is 0 Å². The van der Waals surface area contributed by atoms with Gasteiger partial charge in [0.25, 0.3) is 0 Å². The molecule has 1 N–H and O–H groups in total. The van der Waals surface area contributed by atoms with Crippen LogP contribution in [0.2, 0.25) is 0 Å². The molecule has 1 aromatic heterocycles. The van der Waals surface area contributed by atoms with Gasteiger partial charge in [0.05, 0.1) is 0 Å². The Hall–Kier alpha value is -2.89. The van der Waals surface area contributed by atoms with Gasteiger partial charge in [-0.1, -0.05) is 24.6 Å². The third-order valence-corrected chi connectivity index (χ3v) is 8.51. The second-order valence-electron chi connectivity index (χ2n) is 10.6. The molecule has 33 heavy (non-hydrogen) atoms. The van der Waals surface area contributed by atoms with Crippen LogP contribution in [-0.2, 0) is 4.79 Å². The lowest BCUT2D eigenvalue weighted by molar-refractivity contribution is -0.137. The molecular weight excluding hydrogens is 412 g/mol. The van der Waals surface area contributed by atoms with E-state index in [0.717, 1.165) is 50.1 Å². The largest absolute Gasteiger partial charge is 0.341 e. The van der Waals surface area contributed by atoms with Crippen molar-refractivity contribution in [3.8, 4) is 0 Å². The molecule has 2 bridgehead atoms. The summed E-state index contributed by atoms with van der Waals surface area (Å²) in [7, 11) is 0. The molecule has 2 saturated heterocycles. The number of hydrogen-bond donors (Lipinski definition) is 1. The molecule has 2 aromatic rings. The lowest BCUT2D eigenvalue weighted by atomic mass is 9.85. The summed E-state index contributed by atoms with van der Waals surface area (Å²) in [6.45, 7) is 3.11. The van der Waals surface area contributed by atoms with E-state index in [-0.39, 0.29) is 6.03 Å². The number of fused-ring (bicyclic) bond motifs is 2. The monoisotopic (exact) mass is 444 g/mol. The number of amides is 3. The van der Waals surface area contributed by atoms with Gasteiger partial charge in [-0.25, -0.2) is 4.79 Å². The second-order valence-corrected chi connectivity index (χ2v) is 10.6. The normalized spacial score (nSPS) is 26.7. The van der Waals surface area contributed by atoms with E-state index < -0.39 is 0 Å². The summed E-state index contributed by atoms with van der Waals surface area (Å²) in [5, 5.41) is 3.01. The summed E-state index contributed by atoms with van der Waals surface area (Å²) in [5.74, 6) is 3.50. The smallest absolute Gasteiger partial charge is 0.321 e. The number of carbonyl (C=O) groups excluding carboxylic acids is 2. The van der Waals surface area contributed by atoms with Crippen LogP contribution in [-0.4, -0.2) is 52.9 Å². The van der Waals surface area contributed by atoms with Crippen LogP contribution in [0, 0.1) is 17.8 Å². The fraction of sp³-hybridized carbons (Fsp3) is 0.519. The first-order valence-corrected chi connectivity index (χ1v) is 12.5. The fourth-order valence-corrected chi connectivity index (χ4v) is 6.39. The highest BCUT2D eigenvalue weighted by Crippen LogP contribution is 2.49. The quantitative estimate of drug-likeness (QED) is 0.740. The highest BCUT2D eigenvalue weighted by molar-refractivity contribution is 5.90. The number of nitrogens with zero attached hydrogens (tertiary/aromatic N) is 3. The molecule has 6 nitrogen and oxygen atoms in total.